The molecule has 4 nitrogen and oxygen atoms in total. The second kappa shape index (κ2) is 8.25. The molecule has 0 fully saturated rings. The van der Waals surface area contributed by atoms with E-state index in [0.29, 0.717) is 17.5 Å². The summed E-state index contributed by atoms with van der Waals surface area (Å²) in [6.45, 7) is 6.42. The van der Waals surface area contributed by atoms with E-state index >= 15 is 0 Å². The molecular formula is C16H26ClN3O. The fourth-order valence-corrected chi connectivity index (χ4v) is 2.13. The lowest BCUT2D eigenvalue weighted by atomic mass is 10.1. The highest BCUT2D eigenvalue weighted by molar-refractivity contribution is 6.30. The topological polar surface area (TPSA) is 35.6 Å². The smallest absolute Gasteiger partial charge is 0.241 e. The molecule has 0 heterocycles. The third kappa shape index (κ3) is 5.94. The molecule has 5 heteroatoms. The fraction of sp³-hybridized carbons (Fsp3) is 0.562. The summed E-state index contributed by atoms with van der Waals surface area (Å²) in [7, 11) is 5.44. The van der Waals surface area contributed by atoms with Crippen molar-refractivity contribution in [2.45, 2.75) is 20.4 Å². The van der Waals surface area contributed by atoms with Crippen molar-refractivity contribution in [3.05, 3.63) is 28.8 Å². The molecule has 21 heavy (non-hydrogen) atoms. The average Bonchev–Trinajstić information content (AvgIpc) is 2.39. The fourth-order valence-electron chi connectivity index (χ4n) is 1.97. The van der Waals surface area contributed by atoms with Crippen molar-refractivity contribution in [1.29, 1.82) is 0 Å². The van der Waals surface area contributed by atoms with Gasteiger partial charge in [0.25, 0.3) is 0 Å². The van der Waals surface area contributed by atoms with Crippen molar-refractivity contribution in [2.75, 3.05) is 39.1 Å². The quantitative estimate of drug-likeness (QED) is 0.841. The van der Waals surface area contributed by atoms with Crippen LogP contribution in [0.2, 0.25) is 5.02 Å². The van der Waals surface area contributed by atoms with Crippen LogP contribution in [0.1, 0.15) is 19.4 Å². The summed E-state index contributed by atoms with van der Waals surface area (Å²) >= 11 is 6.10. The number of benzene rings is 1. The van der Waals surface area contributed by atoms with Gasteiger partial charge in [-0.1, -0.05) is 31.5 Å². The number of amides is 1. The van der Waals surface area contributed by atoms with Crippen LogP contribution >= 0.6 is 11.6 Å². The van der Waals surface area contributed by atoms with Gasteiger partial charge in [0.15, 0.2) is 0 Å². The number of hydrogen-bond donors (Lipinski definition) is 1. The molecule has 118 valence electrons. The lowest BCUT2D eigenvalue weighted by molar-refractivity contribution is -0.127. The summed E-state index contributed by atoms with van der Waals surface area (Å²) in [5.74, 6) is 0.673. The standard InChI is InChI=1S/C16H26ClN3O/c1-12(2)9-18-10-13-6-7-14(17)8-15(13)20(5)11-16(21)19(3)4/h6-8,12,18H,9-11H2,1-5H3. The van der Waals surface area contributed by atoms with Crippen LogP contribution in [0.4, 0.5) is 5.69 Å². The van der Waals surface area contributed by atoms with E-state index in [0.717, 1.165) is 24.3 Å². The minimum absolute atomic E-state index is 0.0681. The number of likely N-dealkylation sites (N-methyl/N-ethyl adjacent to an activating group) is 2. The van der Waals surface area contributed by atoms with Crippen LogP contribution in [-0.2, 0) is 11.3 Å². The van der Waals surface area contributed by atoms with E-state index in [2.05, 4.69) is 19.2 Å². The molecule has 1 N–H and O–H groups in total. The molecule has 1 amide bonds. The normalized spacial score (nSPS) is 10.8. The Kier molecular flexibility index (Phi) is 6.99. The number of nitrogens with one attached hydrogen (secondary N) is 1. The van der Waals surface area contributed by atoms with Gasteiger partial charge in [-0.2, -0.15) is 0 Å². The number of nitrogens with zero attached hydrogens (tertiary/aromatic N) is 2. The highest BCUT2D eigenvalue weighted by Gasteiger charge is 2.13. The molecule has 1 rings (SSSR count). The molecule has 0 aliphatic heterocycles. The van der Waals surface area contributed by atoms with E-state index in [1.807, 2.05) is 30.1 Å². The van der Waals surface area contributed by atoms with Crippen molar-refractivity contribution in [1.82, 2.24) is 10.2 Å². The van der Waals surface area contributed by atoms with E-state index in [1.165, 1.54) is 0 Å². The lowest BCUT2D eigenvalue weighted by Crippen LogP contribution is -2.35. The van der Waals surface area contributed by atoms with Crippen molar-refractivity contribution in [3.8, 4) is 0 Å². The first kappa shape index (κ1) is 17.8. The molecule has 0 radical (unpaired) electrons. The van der Waals surface area contributed by atoms with Gasteiger partial charge >= 0.3 is 0 Å². The van der Waals surface area contributed by atoms with Gasteiger partial charge in [-0.05, 0) is 30.2 Å². The van der Waals surface area contributed by atoms with E-state index in [9.17, 15) is 4.79 Å². The number of rotatable bonds is 7. The van der Waals surface area contributed by atoms with Gasteiger partial charge in [0, 0.05) is 38.4 Å². The van der Waals surface area contributed by atoms with Crippen LogP contribution in [0.15, 0.2) is 18.2 Å². The maximum atomic E-state index is 11.9. The molecule has 0 aliphatic carbocycles. The Balaban J connectivity index is 2.83. The average molecular weight is 312 g/mol. The number of hydrogen-bond acceptors (Lipinski definition) is 3. The first-order valence-electron chi connectivity index (χ1n) is 7.21. The largest absolute Gasteiger partial charge is 0.365 e. The second-order valence-electron chi connectivity index (χ2n) is 5.94. The number of halogens is 1. The van der Waals surface area contributed by atoms with Gasteiger partial charge in [0.05, 0.1) is 6.54 Å². The summed E-state index contributed by atoms with van der Waals surface area (Å²) in [5.41, 5.74) is 2.14. The Morgan fingerprint density at radius 2 is 1.95 bits per heavy atom. The highest BCUT2D eigenvalue weighted by Crippen LogP contribution is 2.24. The highest BCUT2D eigenvalue weighted by atomic mass is 35.5. The molecule has 0 bridgehead atoms. The maximum absolute atomic E-state index is 11.9. The van der Waals surface area contributed by atoms with Crippen molar-refractivity contribution < 1.29 is 4.79 Å². The van der Waals surface area contributed by atoms with Crippen molar-refractivity contribution >= 4 is 23.2 Å². The molecule has 0 unspecified atom stereocenters. The zero-order valence-corrected chi connectivity index (χ0v) is 14.4. The molecule has 0 spiro atoms. The molecule has 1 aromatic rings. The minimum atomic E-state index is 0.0681. The van der Waals surface area contributed by atoms with Crippen LogP contribution in [0.3, 0.4) is 0 Å². The predicted octanol–water partition coefficient (Wildman–Crippen LogP) is 2.61. The Labute approximate surface area is 133 Å². The molecular weight excluding hydrogens is 286 g/mol. The molecule has 0 aromatic heterocycles. The Bertz CT molecular complexity index is 475. The summed E-state index contributed by atoms with van der Waals surface area (Å²) in [6.07, 6.45) is 0. The molecule has 0 saturated heterocycles. The maximum Gasteiger partial charge on any atom is 0.241 e. The Hall–Kier alpha value is -1.26. The first-order chi connectivity index (χ1) is 9.81. The van der Waals surface area contributed by atoms with Gasteiger partial charge in [0.1, 0.15) is 0 Å². The number of anilines is 1. The van der Waals surface area contributed by atoms with Gasteiger partial charge in [0.2, 0.25) is 5.91 Å². The summed E-state index contributed by atoms with van der Waals surface area (Å²) in [4.78, 5) is 15.4. The Morgan fingerprint density at radius 1 is 1.29 bits per heavy atom. The predicted molar refractivity (Wildman–Crippen MR) is 90.0 cm³/mol. The van der Waals surface area contributed by atoms with Gasteiger partial charge in [-0.3, -0.25) is 4.79 Å². The van der Waals surface area contributed by atoms with E-state index in [1.54, 1.807) is 19.0 Å². The Morgan fingerprint density at radius 3 is 2.52 bits per heavy atom. The van der Waals surface area contributed by atoms with E-state index in [-0.39, 0.29) is 5.91 Å². The zero-order valence-electron chi connectivity index (χ0n) is 13.6. The van der Waals surface area contributed by atoms with Gasteiger partial charge in [-0.15, -0.1) is 0 Å². The van der Waals surface area contributed by atoms with Crippen LogP contribution in [0.25, 0.3) is 0 Å². The lowest BCUT2D eigenvalue weighted by Gasteiger charge is -2.24. The zero-order chi connectivity index (χ0) is 16.0. The van der Waals surface area contributed by atoms with Crippen LogP contribution < -0.4 is 10.2 Å². The van der Waals surface area contributed by atoms with Crippen molar-refractivity contribution in [2.24, 2.45) is 5.92 Å². The first-order valence-corrected chi connectivity index (χ1v) is 7.59. The van der Waals surface area contributed by atoms with E-state index in [4.69, 9.17) is 11.6 Å². The third-order valence-electron chi connectivity index (χ3n) is 3.20. The number of carbonyl (C=O) groups excluding carboxylic acids is 1. The SMILES string of the molecule is CC(C)CNCc1ccc(Cl)cc1N(C)CC(=O)N(C)C. The molecule has 1 aromatic carbocycles. The monoisotopic (exact) mass is 311 g/mol. The minimum Gasteiger partial charge on any atom is -0.365 e. The summed E-state index contributed by atoms with van der Waals surface area (Å²) in [5, 5.41) is 4.11. The third-order valence-corrected chi connectivity index (χ3v) is 3.43. The summed E-state index contributed by atoms with van der Waals surface area (Å²) in [6, 6.07) is 5.82. The van der Waals surface area contributed by atoms with Gasteiger partial charge < -0.3 is 15.1 Å². The van der Waals surface area contributed by atoms with Crippen LogP contribution in [-0.4, -0.2) is 45.0 Å². The summed E-state index contributed by atoms with van der Waals surface area (Å²) < 4.78 is 0. The molecule has 0 saturated carbocycles. The van der Waals surface area contributed by atoms with Gasteiger partial charge in [-0.25, -0.2) is 0 Å². The van der Waals surface area contributed by atoms with Crippen molar-refractivity contribution in [3.63, 3.8) is 0 Å². The molecule has 0 aliphatic rings. The van der Waals surface area contributed by atoms with E-state index < -0.39 is 0 Å². The van der Waals surface area contributed by atoms with Crippen LogP contribution in [0, 0.1) is 5.92 Å². The molecule has 0 atom stereocenters. The number of carbonyl (C=O) groups is 1. The second-order valence-corrected chi connectivity index (χ2v) is 6.38. The van der Waals surface area contributed by atoms with Crippen LogP contribution in [0.5, 0.6) is 0 Å².